The van der Waals surface area contributed by atoms with Crippen LogP contribution in [0.5, 0.6) is 0 Å². The summed E-state index contributed by atoms with van der Waals surface area (Å²) in [5.74, 6) is 0.0698. The van der Waals surface area contributed by atoms with Gasteiger partial charge in [0, 0.05) is 17.6 Å². The van der Waals surface area contributed by atoms with Gasteiger partial charge in [-0.15, -0.1) is 0 Å². The van der Waals surface area contributed by atoms with Gasteiger partial charge in [-0.05, 0) is 42.5 Å². The molecule has 0 unspecified atom stereocenters. The number of carbonyl (C=O) groups is 1. The van der Waals surface area contributed by atoms with Gasteiger partial charge in [-0.25, -0.2) is 0 Å². The Kier molecular flexibility index (Phi) is 5.69. The van der Waals surface area contributed by atoms with E-state index in [4.69, 9.17) is 5.73 Å². The molecule has 2 rings (SSSR count). The zero-order valence-corrected chi connectivity index (χ0v) is 13.8. The van der Waals surface area contributed by atoms with E-state index in [0.717, 1.165) is 27.8 Å². The van der Waals surface area contributed by atoms with E-state index in [1.54, 1.807) is 11.8 Å². The van der Waals surface area contributed by atoms with Crippen molar-refractivity contribution in [1.82, 2.24) is 4.90 Å². The molecule has 0 aliphatic carbocycles. The lowest BCUT2D eigenvalue weighted by Crippen LogP contribution is -2.38. The highest BCUT2D eigenvalue weighted by atomic mass is 32.2. The molecule has 1 atom stereocenters. The highest BCUT2D eigenvalue weighted by molar-refractivity contribution is 7.98. The molecule has 0 spiro atoms. The van der Waals surface area contributed by atoms with Gasteiger partial charge >= 0.3 is 5.97 Å². The summed E-state index contributed by atoms with van der Waals surface area (Å²) in [4.78, 5) is 13.4. The number of nitrogen functional groups attached to an aromatic ring is 1. The average Bonchev–Trinajstić information content (AvgIpc) is 2.48. The van der Waals surface area contributed by atoms with E-state index < -0.39 is 12.0 Å². The number of rotatable bonds is 7. The van der Waals surface area contributed by atoms with Gasteiger partial charge in [-0.3, -0.25) is 9.69 Å². The molecule has 0 aromatic heterocycles. The van der Waals surface area contributed by atoms with Crippen molar-refractivity contribution in [3.8, 4) is 0 Å². The number of hydrogen-bond acceptors (Lipinski definition) is 4. The Balaban J connectivity index is 2.25. The number of nitrogens with zero attached hydrogens (tertiary/aromatic N) is 1. The number of fused-ring (bicyclic) bond motifs is 1. The van der Waals surface area contributed by atoms with Crippen LogP contribution in [-0.4, -0.2) is 41.1 Å². The maximum absolute atomic E-state index is 11.5. The number of nitrogens with two attached hydrogens (primary N) is 1. The summed E-state index contributed by atoms with van der Waals surface area (Å²) in [5, 5.41) is 11.5. The minimum Gasteiger partial charge on any atom is -0.480 e. The van der Waals surface area contributed by atoms with E-state index in [0.29, 0.717) is 13.0 Å². The summed E-state index contributed by atoms with van der Waals surface area (Å²) in [7, 11) is 1.87. The topological polar surface area (TPSA) is 66.6 Å². The van der Waals surface area contributed by atoms with Gasteiger partial charge in [0.2, 0.25) is 0 Å². The van der Waals surface area contributed by atoms with Crippen molar-refractivity contribution < 1.29 is 9.90 Å². The van der Waals surface area contributed by atoms with E-state index in [9.17, 15) is 9.90 Å². The van der Waals surface area contributed by atoms with E-state index in [2.05, 4.69) is 0 Å². The first kappa shape index (κ1) is 16.6. The zero-order valence-electron chi connectivity index (χ0n) is 13.0. The van der Waals surface area contributed by atoms with Crippen LogP contribution in [0.1, 0.15) is 12.0 Å². The largest absolute Gasteiger partial charge is 0.480 e. The lowest BCUT2D eigenvalue weighted by molar-refractivity contribution is -0.143. The Bertz CT molecular complexity index is 660. The maximum Gasteiger partial charge on any atom is 0.320 e. The Hall–Kier alpha value is -1.72. The van der Waals surface area contributed by atoms with Gasteiger partial charge in [0.15, 0.2) is 0 Å². The second kappa shape index (κ2) is 7.51. The van der Waals surface area contributed by atoms with Crippen LogP contribution in [0.4, 0.5) is 5.69 Å². The molecular formula is C17H22N2O2S. The van der Waals surface area contributed by atoms with Crippen molar-refractivity contribution in [3.05, 3.63) is 42.0 Å². The standard InChI is InChI=1S/C17H22N2O2S/c1-19(16(17(20)21)9-10-22-2)11-12-5-3-7-14-13(12)6-4-8-15(14)18/h3-8,16H,9-11,18H2,1-2H3,(H,20,21)/t16-/m0/s1. The lowest BCUT2D eigenvalue weighted by Gasteiger charge is -2.25. The molecule has 0 fully saturated rings. The summed E-state index contributed by atoms with van der Waals surface area (Å²) in [5.41, 5.74) is 7.87. The molecule has 2 aromatic rings. The molecule has 0 saturated carbocycles. The monoisotopic (exact) mass is 318 g/mol. The summed E-state index contributed by atoms with van der Waals surface area (Å²) in [6.07, 6.45) is 2.63. The summed E-state index contributed by atoms with van der Waals surface area (Å²) >= 11 is 1.67. The fourth-order valence-corrected chi connectivity index (χ4v) is 3.14. The van der Waals surface area contributed by atoms with Crippen molar-refractivity contribution in [3.63, 3.8) is 0 Å². The molecule has 22 heavy (non-hydrogen) atoms. The maximum atomic E-state index is 11.5. The summed E-state index contributed by atoms with van der Waals surface area (Å²) in [6.45, 7) is 0.589. The van der Waals surface area contributed by atoms with Crippen molar-refractivity contribution in [2.45, 2.75) is 19.0 Å². The Morgan fingerprint density at radius 3 is 2.64 bits per heavy atom. The van der Waals surface area contributed by atoms with Crippen LogP contribution in [0.2, 0.25) is 0 Å². The third-order valence-electron chi connectivity index (χ3n) is 3.88. The first-order valence-corrected chi connectivity index (χ1v) is 8.62. The Labute approximate surface area is 135 Å². The Morgan fingerprint density at radius 2 is 1.95 bits per heavy atom. The fraction of sp³-hybridized carbons (Fsp3) is 0.353. The van der Waals surface area contributed by atoms with Gasteiger partial charge < -0.3 is 10.8 Å². The number of carboxylic acid groups (broad SMARTS) is 1. The molecule has 118 valence electrons. The third-order valence-corrected chi connectivity index (χ3v) is 4.52. The first-order chi connectivity index (χ1) is 10.5. The number of likely N-dealkylation sites (N-methyl/N-ethyl adjacent to an activating group) is 1. The third kappa shape index (κ3) is 3.72. The van der Waals surface area contributed by atoms with E-state index >= 15 is 0 Å². The van der Waals surface area contributed by atoms with Crippen LogP contribution in [0.25, 0.3) is 10.8 Å². The molecule has 3 N–H and O–H groups in total. The molecule has 4 nitrogen and oxygen atoms in total. The molecule has 0 heterocycles. The summed E-state index contributed by atoms with van der Waals surface area (Å²) in [6, 6.07) is 11.4. The smallest absolute Gasteiger partial charge is 0.320 e. The number of benzene rings is 2. The molecule has 0 aliphatic rings. The van der Waals surface area contributed by atoms with Crippen LogP contribution in [-0.2, 0) is 11.3 Å². The fourth-order valence-electron chi connectivity index (χ4n) is 2.68. The second-order valence-electron chi connectivity index (χ2n) is 5.41. The highest BCUT2D eigenvalue weighted by Crippen LogP contribution is 2.25. The number of anilines is 1. The van der Waals surface area contributed by atoms with Crippen molar-refractivity contribution in [1.29, 1.82) is 0 Å². The molecule has 0 amide bonds. The highest BCUT2D eigenvalue weighted by Gasteiger charge is 2.22. The summed E-state index contributed by atoms with van der Waals surface area (Å²) < 4.78 is 0. The molecule has 0 bridgehead atoms. The predicted octanol–water partition coefficient (Wildman–Crippen LogP) is 3.06. The van der Waals surface area contributed by atoms with Gasteiger partial charge in [-0.2, -0.15) is 11.8 Å². The van der Waals surface area contributed by atoms with Crippen LogP contribution >= 0.6 is 11.8 Å². The van der Waals surface area contributed by atoms with Crippen LogP contribution in [0.15, 0.2) is 36.4 Å². The molecule has 5 heteroatoms. The van der Waals surface area contributed by atoms with E-state index in [1.807, 2.05) is 54.6 Å². The number of hydrogen-bond donors (Lipinski definition) is 2. The zero-order chi connectivity index (χ0) is 16.1. The van der Waals surface area contributed by atoms with Crippen molar-refractivity contribution >= 4 is 34.2 Å². The first-order valence-electron chi connectivity index (χ1n) is 7.22. The van der Waals surface area contributed by atoms with Crippen LogP contribution < -0.4 is 5.73 Å². The molecule has 0 saturated heterocycles. The van der Waals surface area contributed by atoms with Crippen molar-refractivity contribution in [2.75, 3.05) is 24.8 Å². The normalized spacial score (nSPS) is 12.7. The van der Waals surface area contributed by atoms with Gasteiger partial charge in [0.05, 0.1) is 0 Å². The van der Waals surface area contributed by atoms with Crippen molar-refractivity contribution in [2.24, 2.45) is 0 Å². The second-order valence-corrected chi connectivity index (χ2v) is 6.40. The van der Waals surface area contributed by atoms with Gasteiger partial charge in [0.1, 0.15) is 6.04 Å². The Morgan fingerprint density at radius 1 is 1.27 bits per heavy atom. The molecule has 0 radical (unpaired) electrons. The van der Waals surface area contributed by atoms with Gasteiger partial charge in [0.25, 0.3) is 0 Å². The number of carboxylic acids is 1. The minimum absolute atomic E-state index is 0.469. The number of aliphatic carboxylic acids is 1. The minimum atomic E-state index is -0.767. The lowest BCUT2D eigenvalue weighted by atomic mass is 10.0. The average molecular weight is 318 g/mol. The van der Waals surface area contributed by atoms with Crippen LogP contribution in [0.3, 0.4) is 0 Å². The van der Waals surface area contributed by atoms with Gasteiger partial charge in [-0.1, -0.05) is 30.3 Å². The predicted molar refractivity (Wildman–Crippen MR) is 94.3 cm³/mol. The van der Waals surface area contributed by atoms with Crippen LogP contribution in [0, 0.1) is 0 Å². The molecule has 2 aromatic carbocycles. The SMILES string of the molecule is CSCC[C@@H](C(=O)O)N(C)Cc1cccc2c(N)cccc12. The molecule has 0 aliphatic heterocycles. The van der Waals surface area contributed by atoms with E-state index in [1.165, 1.54) is 0 Å². The number of thioether (sulfide) groups is 1. The quantitative estimate of drug-likeness (QED) is 0.768. The molecular weight excluding hydrogens is 296 g/mol. The van der Waals surface area contributed by atoms with E-state index in [-0.39, 0.29) is 0 Å².